The van der Waals surface area contributed by atoms with Crippen molar-refractivity contribution < 1.29 is 14.3 Å². The van der Waals surface area contributed by atoms with Gasteiger partial charge in [0.2, 0.25) is 11.8 Å². The first-order chi connectivity index (χ1) is 16.1. The first-order valence-electron chi connectivity index (χ1n) is 11.4. The van der Waals surface area contributed by atoms with Crippen LogP contribution in [0.5, 0.6) is 5.88 Å². The van der Waals surface area contributed by atoms with Crippen LogP contribution >= 0.6 is 11.6 Å². The Labute approximate surface area is 204 Å². The number of pyridine rings is 1. The molecule has 3 aromatic rings. The zero-order valence-corrected chi connectivity index (χ0v) is 20.9. The van der Waals surface area contributed by atoms with Crippen LogP contribution in [0.3, 0.4) is 0 Å². The minimum atomic E-state index is -0.508. The third-order valence-electron chi connectivity index (χ3n) is 5.73. The van der Waals surface area contributed by atoms with Crippen molar-refractivity contribution >= 4 is 34.5 Å². The molecule has 1 amide bonds. The predicted molar refractivity (Wildman–Crippen MR) is 133 cm³/mol. The van der Waals surface area contributed by atoms with Gasteiger partial charge in [-0.2, -0.15) is 0 Å². The van der Waals surface area contributed by atoms with Crippen LogP contribution in [0.2, 0.25) is 5.02 Å². The minimum Gasteiger partial charge on any atom is -0.480 e. The Balaban J connectivity index is 1.47. The number of nitrogens with zero attached hydrogens (tertiary/aromatic N) is 3. The summed E-state index contributed by atoms with van der Waals surface area (Å²) < 4.78 is 10.6. The van der Waals surface area contributed by atoms with E-state index in [4.69, 9.17) is 26.1 Å². The van der Waals surface area contributed by atoms with Crippen molar-refractivity contribution in [3.8, 4) is 17.0 Å². The molecule has 0 saturated heterocycles. The third kappa shape index (κ3) is 5.50. The van der Waals surface area contributed by atoms with E-state index in [1.165, 1.54) is 0 Å². The highest BCUT2D eigenvalue weighted by Gasteiger charge is 2.28. The van der Waals surface area contributed by atoms with Crippen molar-refractivity contribution in [3.05, 3.63) is 41.2 Å². The monoisotopic (exact) mass is 483 g/mol. The maximum Gasteiger partial charge on any atom is 0.407 e. The van der Waals surface area contributed by atoms with E-state index in [0.29, 0.717) is 16.9 Å². The Kier molecular flexibility index (Phi) is 6.79. The summed E-state index contributed by atoms with van der Waals surface area (Å²) in [5.41, 5.74) is 2.99. The molecule has 0 unspecified atom stereocenters. The number of hydrogen-bond acceptors (Lipinski definition) is 7. The fraction of sp³-hybridized carbons (Fsp3) is 0.440. The summed E-state index contributed by atoms with van der Waals surface area (Å²) in [6.07, 6.45) is 3.89. The molecule has 0 radical (unpaired) electrons. The topological polar surface area (TPSA) is 98.3 Å². The highest BCUT2D eigenvalue weighted by Crippen LogP contribution is 2.35. The number of nitrogens with one attached hydrogen (secondary N) is 2. The zero-order valence-electron chi connectivity index (χ0n) is 20.1. The van der Waals surface area contributed by atoms with Gasteiger partial charge in [0, 0.05) is 29.2 Å². The maximum atomic E-state index is 12.1. The lowest BCUT2D eigenvalue weighted by Crippen LogP contribution is -2.38. The van der Waals surface area contributed by atoms with Gasteiger partial charge in [0.05, 0.1) is 18.3 Å². The van der Waals surface area contributed by atoms with Crippen LogP contribution in [0.1, 0.15) is 45.7 Å². The zero-order chi connectivity index (χ0) is 24.5. The molecule has 34 heavy (non-hydrogen) atoms. The molecule has 180 valence electrons. The van der Waals surface area contributed by atoms with Crippen LogP contribution in [-0.4, -0.2) is 45.8 Å². The second kappa shape index (κ2) is 9.62. The quantitative estimate of drug-likeness (QED) is 0.493. The van der Waals surface area contributed by atoms with Gasteiger partial charge in [0.15, 0.2) is 0 Å². The molecule has 4 rings (SSSR count). The molecule has 1 aromatic carbocycles. The molecular weight excluding hydrogens is 454 g/mol. The number of aryl methyl sites for hydroxylation is 1. The molecule has 2 atom stereocenters. The highest BCUT2D eigenvalue weighted by molar-refractivity contribution is 6.34. The molecule has 2 N–H and O–H groups in total. The number of ether oxygens (including phenoxy) is 2. The number of alkyl carbamates (subject to hydrolysis) is 1. The normalized spacial score (nSPS) is 18.1. The van der Waals surface area contributed by atoms with Gasteiger partial charge >= 0.3 is 6.09 Å². The maximum absolute atomic E-state index is 12.1. The van der Waals surface area contributed by atoms with Crippen LogP contribution in [0, 0.1) is 6.92 Å². The SMILES string of the molecule is COc1nccc(-c2ccc3nc(N[C@@H]4CC[C@H](NC(=O)OC(C)(C)C)C4)nc(C)c3c2)c1Cl. The number of fused-ring (bicyclic) bond motifs is 1. The summed E-state index contributed by atoms with van der Waals surface area (Å²) >= 11 is 6.47. The number of hydrogen-bond donors (Lipinski definition) is 2. The summed E-state index contributed by atoms with van der Waals surface area (Å²) in [5, 5.41) is 7.82. The summed E-state index contributed by atoms with van der Waals surface area (Å²) in [4.78, 5) is 25.6. The summed E-state index contributed by atoms with van der Waals surface area (Å²) in [6, 6.07) is 8.09. The second-order valence-corrected chi connectivity index (χ2v) is 9.92. The minimum absolute atomic E-state index is 0.0681. The Bertz CT molecular complexity index is 1210. The molecule has 2 aromatic heterocycles. The summed E-state index contributed by atoms with van der Waals surface area (Å²) in [5.74, 6) is 0.979. The van der Waals surface area contributed by atoms with Crippen molar-refractivity contribution in [3.63, 3.8) is 0 Å². The van der Waals surface area contributed by atoms with Gasteiger partial charge in [-0.1, -0.05) is 17.7 Å². The third-order valence-corrected chi connectivity index (χ3v) is 6.10. The van der Waals surface area contributed by atoms with Gasteiger partial charge in [-0.05, 0) is 70.7 Å². The molecule has 0 bridgehead atoms. The smallest absolute Gasteiger partial charge is 0.407 e. The van der Waals surface area contributed by atoms with Gasteiger partial charge in [-0.25, -0.2) is 19.7 Å². The van der Waals surface area contributed by atoms with E-state index in [0.717, 1.165) is 47.0 Å². The van der Waals surface area contributed by atoms with Crippen LogP contribution in [-0.2, 0) is 4.74 Å². The lowest BCUT2D eigenvalue weighted by molar-refractivity contribution is 0.0505. The van der Waals surface area contributed by atoms with Crippen LogP contribution in [0.4, 0.5) is 10.7 Å². The van der Waals surface area contributed by atoms with Crippen LogP contribution < -0.4 is 15.4 Å². The molecule has 1 aliphatic carbocycles. The van der Waals surface area contributed by atoms with E-state index in [9.17, 15) is 4.79 Å². The van der Waals surface area contributed by atoms with Gasteiger partial charge in [-0.3, -0.25) is 0 Å². The molecule has 1 aliphatic rings. The number of carbonyl (C=O) groups is 1. The van der Waals surface area contributed by atoms with Crippen molar-refractivity contribution in [1.82, 2.24) is 20.3 Å². The summed E-state index contributed by atoms with van der Waals surface area (Å²) in [7, 11) is 1.55. The predicted octanol–water partition coefficient (Wildman–Crippen LogP) is 5.52. The molecule has 9 heteroatoms. The summed E-state index contributed by atoms with van der Waals surface area (Å²) in [6.45, 7) is 7.54. The largest absolute Gasteiger partial charge is 0.480 e. The van der Waals surface area contributed by atoms with Crippen LogP contribution in [0.25, 0.3) is 22.0 Å². The fourth-order valence-corrected chi connectivity index (χ4v) is 4.50. The van der Waals surface area contributed by atoms with E-state index in [1.54, 1.807) is 13.3 Å². The molecule has 0 aliphatic heterocycles. The number of halogens is 1. The molecule has 8 nitrogen and oxygen atoms in total. The van der Waals surface area contributed by atoms with E-state index in [-0.39, 0.29) is 18.2 Å². The van der Waals surface area contributed by atoms with E-state index >= 15 is 0 Å². The van der Waals surface area contributed by atoms with Gasteiger partial charge < -0.3 is 20.1 Å². The van der Waals surface area contributed by atoms with Gasteiger partial charge in [0.25, 0.3) is 0 Å². The number of aromatic nitrogens is 3. The van der Waals surface area contributed by atoms with E-state index < -0.39 is 5.60 Å². The molecular formula is C25H30ClN5O3. The number of amides is 1. The average Bonchev–Trinajstić information content (AvgIpc) is 3.19. The Morgan fingerprint density at radius 2 is 1.91 bits per heavy atom. The second-order valence-electron chi connectivity index (χ2n) is 9.54. The van der Waals surface area contributed by atoms with Gasteiger partial charge in [-0.15, -0.1) is 0 Å². The molecule has 1 fully saturated rings. The molecule has 2 heterocycles. The van der Waals surface area contributed by atoms with Crippen molar-refractivity contribution in [2.45, 2.75) is 64.6 Å². The van der Waals surface area contributed by atoms with Crippen LogP contribution in [0.15, 0.2) is 30.5 Å². The lowest BCUT2D eigenvalue weighted by atomic mass is 10.0. The number of anilines is 1. The van der Waals surface area contributed by atoms with Crippen molar-refractivity contribution in [1.29, 1.82) is 0 Å². The van der Waals surface area contributed by atoms with E-state index in [1.807, 2.05) is 52.0 Å². The Morgan fingerprint density at radius 3 is 2.65 bits per heavy atom. The first kappa shape index (κ1) is 24.0. The highest BCUT2D eigenvalue weighted by atomic mass is 35.5. The fourth-order valence-electron chi connectivity index (χ4n) is 4.20. The molecule has 1 saturated carbocycles. The first-order valence-corrected chi connectivity index (χ1v) is 11.7. The number of carbonyl (C=O) groups excluding carboxylic acids is 1. The average molecular weight is 484 g/mol. The van der Waals surface area contributed by atoms with E-state index in [2.05, 4.69) is 20.6 Å². The number of benzene rings is 1. The Morgan fingerprint density at radius 1 is 1.15 bits per heavy atom. The number of methoxy groups -OCH3 is 1. The lowest BCUT2D eigenvalue weighted by Gasteiger charge is -2.22. The van der Waals surface area contributed by atoms with Gasteiger partial charge in [0.1, 0.15) is 10.6 Å². The van der Waals surface area contributed by atoms with Crippen molar-refractivity contribution in [2.24, 2.45) is 0 Å². The molecule has 0 spiro atoms. The van der Waals surface area contributed by atoms with Crippen molar-refractivity contribution in [2.75, 3.05) is 12.4 Å². The Hall–Kier alpha value is -3.13. The number of rotatable bonds is 5. The standard InChI is InChI=1S/C25H30ClN5O3/c1-14-19-12-15(18-10-11-27-22(33-5)21(18)26)6-9-20(19)31-23(28-14)29-16-7-8-17(13-16)30-24(32)34-25(2,3)4/h6,9-12,16-17H,7-8,13H2,1-5H3,(H,30,32)(H,28,29,31)/t16-,17+/m1/s1.